The lowest BCUT2D eigenvalue weighted by Gasteiger charge is -1.99. The lowest BCUT2D eigenvalue weighted by atomic mass is 10.1. The predicted octanol–water partition coefficient (Wildman–Crippen LogP) is 0.838. The Labute approximate surface area is 115 Å². The Balaban J connectivity index is 1.88. The molecular formula is C14H14N4O2. The maximum absolute atomic E-state index is 11.6. The number of hydrogen-bond donors (Lipinski definition) is 3. The van der Waals surface area contributed by atoms with Gasteiger partial charge in [-0.2, -0.15) is 0 Å². The van der Waals surface area contributed by atoms with Crippen LogP contribution in [0.15, 0.2) is 42.7 Å². The standard InChI is InChI=1S/C14H14N4O2/c15-14(20)11-4-1-10(2-5-11)3-6-13(19)18-9-12-16-7-8-17-12/h1-8H,9H2,(H2,15,20)(H,16,17)(H,18,19). The van der Waals surface area contributed by atoms with Gasteiger partial charge in [-0.1, -0.05) is 12.1 Å². The number of carbonyl (C=O) groups excluding carboxylic acids is 2. The average Bonchev–Trinajstić information content (AvgIpc) is 2.96. The number of amides is 2. The van der Waals surface area contributed by atoms with Crippen LogP contribution in [0.2, 0.25) is 0 Å². The number of aromatic nitrogens is 2. The van der Waals surface area contributed by atoms with Gasteiger partial charge in [0.1, 0.15) is 5.82 Å². The summed E-state index contributed by atoms with van der Waals surface area (Å²) >= 11 is 0. The summed E-state index contributed by atoms with van der Waals surface area (Å²) in [4.78, 5) is 29.4. The minimum Gasteiger partial charge on any atom is -0.366 e. The lowest BCUT2D eigenvalue weighted by Crippen LogP contribution is -2.20. The van der Waals surface area contributed by atoms with Crippen molar-refractivity contribution in [3.05, 3.63) is 59.7 Å². The first-order valence-corrected chi connectivity index (χ1v) is 5.99. The third-order valence-electron chi connectivity index (χ3n) is 2.61. The van der Waals surface area contributed by atoms with E-state index < -0.39 is 5.91 Å². The molecule has 0 atom stereocenters. The number of hydrogen-bond acceptors (Lipinski definition) is 3. The Kier molecular flexibility index (Phi) is 4.28. The number of imidazole rings is 1. The number of primary amides is 1. The van der Waals surface area contributed by atoms with Gasteiger partial charge >= 0.3 is 0 Å². The Hall–Kier alpha value is -2.89. The molecule has 0 radical (unpaired) electrons. The van der Waals surface area contributed by atoms with Gasteiger partial charge in [0, 0.05) is 24.0 Å². The summed E-state index contributed by atoms with van der Waals surface area (Å²) in [6.45, 7) is 0.344. The summed E-state index contributed by atoms with van der Waals surface area (Å²) in [5.74, 6) is -0.00495. The van der Waals surface area contributed by atoms with E-state index in [0.29, 0.717) is 17.9 Å². The smallest absolute Gasteiger partial charge is 0.248 e. The number of nitrogens with two attached hydrogens (primary N) is 1. The van der Waals surface area contributed by atoms with Gasteiger partial charge in [-0.3, -0.25) is 9.59 Å². The quantitative estimate of drug-likeness (QED) is 0.702. The van der Waals surface area contributed by atoms with E-state index in [4.69, 9.17) is 5.73 Å². The number of benzene rings is 1. The van der Waals surface area contributed by atoms with Crippen LogP contribution in [0, 0.1) is 0 Å². The zero-order chi connectivity index (χ0) is 14.4. The van der Waals surface area contributed by atoms with Crippen molar-refractivity contribution in [1.82, 2.24) is 15.3 Å². The fraction of sp³-hybridized carbons (Fsp3) is 0.0714. The first kappa shape index (κ1) is 13.5. The maximum atomic E-state index is 11.6. The maximum Gasteiger partial charge on any atom is 0.248 e. The zero-order valence-electron chi connectivity index (χ0n) is 10.7. The molecule has 20 heavy (non-hydrogen) atoms. The van der Waals surface area contributed by atoms with Crippen LogP contribution >= 0.6 is 0 Å². The highest BCUT2D eigenvalue weighted by Gasteiger charge is 2.00. The number of H-pyrrole nitrogens is 1. The molecule has 2 aromatic rings. The van der Waals surface area contributed by atoms with Gasteiger partial charge in [0.25, 0.3) is 0 Å². The fourth-order valence-corrected chi connectivity index (χ4v) is 1.55. The highest BCUT2D eigenvalue weighted by atomic mass is 16.1. The van der Waals surface area contributed by atoms with Crippen molar-refractivity contribution >= 4 is 17.9 Å². The Morgan fingerprint density at radius 3 is 2.65 bits per heavy atom. The lowest BCUT2D eigenvalue weighted by molar-refractivity contribution is -0.116. The minimum atomic E-state index is -0.475. The molecular weight excluding hydrogens is 256 g/mol. The second-order valence-corrected chi connectivity index (χ2v) is 4.07. The molecule has 4 N–H and O–H groups in total. The molecule has 1 aromatic heterocycles. The molecule has 0 saturated heterocycles. The Bertz CT molecular complexity index is 615. The number of carbonyl (C=O) groups is 2. The van der Waals surface area contributed by atoms with Crippen molar-refractivity contribution in [3.63, 3.8) is 0 Å². The summed E-state index contributed by atoms with van der Waals surface area (Å²) in [6.07, 6.45) is 6.39. The van der Waals surface area contributed by atoms with Crippen LogP contribution in [0.25, 0.3) is 6.08 Å². The highest BCUT2D eigenvalue weighted by Crippen LogP contribution is 2.05. The SMILES string of the molecule is NC(=O)c1ccc(C=CC(=O)NCc2ncc[nH]2)cc1. The van der Waals surface area contributed by atoms with Crippen molar-refractivity contribution in [2.45, 2.75) is 6.54 Å². The molecule has 1 aromatic carbocycles. The molecule has 0 aliphatic heterocycles. The van der Waals surface area contributed by atoms with E-state index in [9.17, 15) is 9.59 Å². The number of nitrogens with zero attached hydrogens (tertiary/aromatic N) is 1. The van der Waals surface area contributed by atoms with Crippen LogP contribution in [-0.4, -0.2) is 21.8 Å². The van der Waals surface area contributed by atoms with Crippen LogP contribution in [0.5, 0.6) is 0 Å². The summed E-state index contributed by atoms with van der Waals surface area (Å²) in [5, 5.41) is 2.69. The van der Waals surface area contributed by atoms with Crippen LogP contribution in [0.4, 0.5) is 0 Å². The van der Waals surface area contributed by atoms with Gasteiger partial charge in [0.2, 0.25) is 11.8 Å². The number of nitrogens with one attached hydrogen (secondary N) is 2. The first-order valence-electron chi connectivity index (χ1n) is 5.99. The summed E-state index contributed by atoms with van der Waals surface area (Å²) in [5.41, 5.74) is 6.39. The van der Waals surface area contributed by atoms with E-state index in [2.05, 4.69) is 15.3 Å². The number of rotatable bonds is 5. The van der Waals surface area contributed by atoms with Gasteiger partial charge in [0.15, 0.2) is 0 Å². The molecule has 6 nitrogen and oxygen atoms in total. The van der Waals surface area contributed by atoms with Gasteiger partial charge in [-0.05, 0) is 23.8 Å². The van der Waals surface area contributed by atoms with Crippen LogP contribution in [0.1, 0.15) is 21.7 Å². The van der Waals surface area contributed by atoms with Crippen molar-refractivity contribution in [3.8, 4) is 0 Å². The number of aromatic amines is 1. The molecule has 0 aliphatic rings. The molecule has 0 saturated carbocycles. The monoisotopic (exact) mass is 270 g/mol. The molecule has 0 bridgehead atoms. The van der Waals surface area contributed by atoms with E-state index >= 15 is 0 Å². The molecule has 0 unspecified atom stereocenters. The van der Waals surface area contributed by atoms with Gasteiger partial charge in [-0.15, -0.1) is 0 Å². The third kappa shape index (κ3) is 3.81. The van der Waals surface area contributed by atoms with Crippen LogP contribution in [0.3, 0.4) is 0 Å². The first-order chi connectivity index (χ1) is 9.65. The Morgan fingerprint density at radius 1 is 1.30 bits per heavy atom. The van der Waals surface area contributed by atoms with Crippen LogP contribution < -0.4 is 11.1 Å². The predicted molar refractivity (Wildman–Crippen MR) is 74.4 cm³/mol. The van der Waals surface area contributed by atoms with Crippen molar-refractivity contribution in [2.75, 3.05) is 0 Å². The Morgan fingerprint density at radius 2 is 2.05 bits per heavy atom. The molecule has 1 heterocycles. The summed E-state index contributed by atoms with van der Waals surface area (Å²) < 4.78 is 0. The minimum absolute atomic E-state index is 0.222. The average molecular weight is 270 g/mol. The molecule has 0 spiro atoms. The largest absolute Gasteiger partial charge is 0.366 e. The van der Waals surface area contributed by atoms with E-state index in [0.717, 1.165) is 5.56 Å². The van der Waals surface area contributed by atoms with Gasteiger partial charge in [0.05, 0.1) is 6.54 Å². The molecule has 0 aliphatic carbocycles. The second kappa shape index (κ2) is 6.33. The van der Waals surface area contributed by atoms with E-state index in [1.165, 1.54) is 6.08 Å². The van der Waals surface area contributed by atoms with Gasteiger partial charge < -0.3 is 16.0 Å². The fourth-order valence-electron chi connectivity index (χ4n) is 1.55. The van der Waals surface area contributed by atoms with Crippen molar-refractivity contribution in [1.29, 1.82) is 0 Å². The molecule has 2 rings (SSSR count). The molecule has 2 amide bonds. The second-order valence-electron chi connectivity index (χ2n) is 4.07. The highest BCUT2D eigenvalue weighted by molar-refractivity contribution is 5.93. The molecule has 6 heteroatoms. The third-order valence-corrected chi connectivity index (χ3v) is 2.61. The summed E-state index contributed by atoms with van der Waals surface area (Å²) in [6, 6.07) is 6.67. The zero-order valence-corrected chi connectivity index (χ0v) is 10.7. The summed E-state index contributed by atoms with van der Waals surface area (Å²) in [7, 11) is 0. The van der Waals surface area contributed by atoms with Crippen LogP contribution in [-0.2, 0) is 11.3 Å². The van der Waals surface area contributed by atoms with E-state index in [1.807, 2.05) is 0 Å². The van der Waals surface area contributed by atoms with E-state index in [1.54, 1.807) is 42.7 Å². The topological polar surface area (TPSA) is 101 Å². The van der Waals surface area contributed by atoms with Gasteiger partial charge in [-0.25, -0.2) is 4.98 Å². The molecule has 102 valence electrons. The van der Waals surface area contributed by atoms with Crippen molar-refractivity contribution < 1.29 is 9.59 Å². The molecule has 0 fully saturated rings. The van der Waals surface area contributed by atoms with E-state index in [-0.39, 0.29) is 5.91 Å². The normalized spacial score (nSPS) is 10.6. The van der Waals surface area contributed by atoms with Crippen molar-refractivity contribution in [2.24, 2.45) is 5.73 Å².